The van der Waals surface area contributed by atoms with Gasteiger partial charge in [0, 0.05) is 19.4 Å². The number of nitriles is 1. The van der Waals surface area contributed by atoms with Crippen LogP contribution in [0, 0.1) is 11.3 Å². The lowest BCUT2D eigenvalue weighted by Gasteiger charge is -1.97. The molecule has 4 heteroatoms. The van der Waals surface area contributed by atoms with E-state index < -0.39 is 0 Å². The zero-order valence-electron chi connectivity index (χ0n) is 6.53. The number of nitrogens with one attached hydrogen (secondary N) is 1. The van der Waals surface area contributed by atoms with Gasteiger partial charge in [0.15, 0.2) is 0 Å². The van der Waals surface area contributed by atoms with E-state index in [1.807, 2.05) is 6.07 Å². The first kappa shape index (κ1) is 8.21. The van der Waals surface area contributed by atoms with Gasteiger partial charge in [-0.25, -0.2) is 0 Å². The summed E-state index contributed by atoms with van der Waals surface area (Å²) in [7, 11) is 1.53. The van der Waals surface area contributed by atoms with Gasteiger partial charge in [-0.1, -0.05) is 0 Å². The van der Waals surface area contributed by atoms with Gasteiger partial charge in [-0.15, -0.1) is 0 Å². The molecule has 1 aromatic rings. The Kier molecular flexibility index (Phi) is 2.38. The van der Waals surface area contributed by atoms with Gasteiger partial charge in [-0.3, -0.25) is 9.78 Å². The van der Waals surface area contributed by atoms with Gasteiger partial charge in [0.25, 0.3) is 5.91 Å². The average Bonchev–Trinajstić information content (AvgIpc) is 2.17. The van der Waals surface area contributed by atoms with E-state index in [-0.39, 0.29) is 5.91 Å². The van der Waals surface area contributed by atoms with Gasteiger partial charge in [-0.05, 0) is 6.07 Å². The summed E-state index contributed by atoms with van der Waals surface area (Å²) in [6, 6.07) is 3.40. The number of carbonyl (C=O) groups is 1. The number of amides is 1. The van der Waals surface area contributed by atoms with Crippen LogP contribution >= 0.6 is 0 Å². The number of hydrogen-bond donors (Lipinski definition) is 1. The van der Waals surface area contributed by atoms with Crippen molar-refractivity contribution in [3.8, 4) is 6.07 Å². The molecule has 0 bridgehead atoms. The Morgan fingerprint density at radius 2 is 2.42 bits per heavy atom. The maximum atomic E-state index is 11.0. The van der Waals surface area contributed by atoms with E-state index in [9.17, 15) is 4.79 Å². The second-order valence-corrected chi connectivity index (χ2v) is 2.15. The molecule has 1 amide bonds. The average molecular weight is 161 g/mol. The standard InChI is InChI=1S/C8H7N3O/c1-10-8(12)7-2-6(3-9)4-11-5-7/h2,4-5H,1H3,(H,10,12). The number of aromatic nitrogens is 1. The van der Waals surface area contributed by atoms with Crippen LogP contribution in [0.15, 0.2) is 18.5 Å². The van der Waals surface area contributed by atoms with Crippen LogP contribution in [0.5, 0.6) is 0 Å². The molecule has 4 nitrogen and oxygen atoms in total. The first-order valence-corrected chi connectivity index (χ1v) is 3.35. The van der Waals surface area contributed by atoms with Crippen molar-refractivity contribution in [2.75, 3.05) is 7.05 Å². The molecule has 60 valence electrons. The van der Waals surface area contributed by atoms with Crippen LogP contribution in [0.1, 0.15) is 15.9 Å². The van der Waals surface area contributed by atoms with Crippen molar-refractivity contribution in [3.63, 3.8) is 0 Å². The highest BCUT2D eigenvalue weighted by atomic mass is 16.1. The number of carbonyl (C=O) groups excluding carboxylic acids is 1. The summed E-state index contributed by atoms with van der Waals surface area (Å²) in [5.74, 6) is -0.236. The highest BCUT2D eigenvalue weighted by Gasteiger charge is 2.03. The molecule has 0 aliphatic heterocycles. The molecule has 0 unspecified atom stereocenters. The molecule has 1 heterocycles. The largest absolute Gasteiger partial charge is 0.355 e. The number of nitrogens with zero attached hydrogens (tertiary/aromatic N) is 2. The zero-order valence-corrected chi connectivity index (χ0v) is 6.53. The van der Waals surface area contributed by atoms with Gasteiger partial charge in [0.1, 0.15) is 6.07 Å². The molecule has 0 radical (unpaired) electrons. The molecule has 0 spiro atoms. The molecule has 1 rings (SSSR count). The Labute approximate surface area is 69.8 Å². The molecule has 0 atom stereocenters. The number of pyridine rings is 1. The Morgan fingerprint density at radius 1 is 1.67 bits per heavy atom. The zero-order chi connectivity index (χ0) is 8.97. The lowest BCUT2D eigenvalue weighted by atomic mass is 10.2. The van der Waals surface area contributed by atoms with Crippen LogP contribution in [0.2, 0.25) is 0 Å². The molecule has 0 fully saturated rings. The fourth-order valence-electron chi connectivity index (χ4n) is 0.770. The van der Waals surface area contributed by atoms with E-state index in [0.717, 1.165) is 0 Å². The maximum Gasteiger partial charge on any atom is 0.252 e. The molecule has 0 saturated heterocycles. The fourth-order valence-corrected chi connectivity index (χ4v) is 0.770. The summed E-state index contributed by atoms with van der Waals surface area (Å²) in [5.41, 5.74) is 0.785. The van der Waals surface area contributed by atoms with Crippen LogP contribution in [-0.2, 0) is 0 Å². The Balaban J connectivity index is 3.04. The van der Waals surface area contributed by atoms with E-state index >= 15 is 0 Å². The van der Waals surface area contributed by atoms with E-state index in [2.05, 4.69) is 10.3 Å². The molecule has 0 saturated carbocycles. The summed E-state index contributed by atoms with van der Waals surface area (Å²) in [6.45, 7) is 0. The molecular formula is C8H7N3O. The van der Waals surface area contributed by atoms with Crippen LogP contribution in [0.25, 0.3) is 0 Å². The van der Waals surface area contributed by atoms with Crippen molar-refractivity contribution in [2.45, 2.75) is 0 Å². The van der Waals surface area contributed by atoms with Crippen molar-refractivity contribution in [1.82, 2.24) is 10.3 Å². The van der Waals surface area contributed by atoms with Crippen LogP contribution in [-0.4, -0.2) is 17.9 Å². The first-order valence-electron chi connectivity index (χ1n) is 3.35. The van der Waals surface area contributed by atoms with Crippen molar-refractivity contribution in [3.05, 3.63) is 29.6 Å². The minimum Gasteiger partial charge on any atom is -0.355 e. The molecule has 12 heavy (non-hydrogen) atoms. The molecule has 0 aromatic carbocycles. The summed E-state index contributed by atoms with van der Waals surface area (Å²) in [4.78, 5) is 14.8. The molecular weight excluding hydrogens is 154 g/mol. The third kappa shape index (κ3) is 1.58. The summed E-state index contributed by atoms with van der Waals surface area (Å²) in [6.07, 6.45) is 2.83. The van der Waals surface area contributed by atoms with Crippen molar-refractivity contribution >= 4 is 5.91 Å². The normalized spacial score (nSPS) is 8.67. The van der Waals surface area contributed by atoms with Gasteiger partial charge < -0.3 is 5.32 Å². The third-order valence-corrected chi connectivity index (χ3v) is 1.36. The van der Waals surface area contributed by atoms with Gasteiger partial charge in [-0.2, -0.15) is 5.26 Å². The molecule has 0 aliphatic rings. The monoisotopic (exact) mass is 161 g/mol. The van der Waals surface area contributed by atoms with E-state index in [1.54, 1.807) is 0 Å². The number of rotatable bonds is 1. The highest BCUT2D eigenvalue weighted by Crippen LogP contribution is 2.00. The van der Waals surface area contributed by atoms with E-state index in [4.69, 9.17) is 5.26 Å². The maximum absolute atomic E-state index is 11.0. The lowest BCUT2D eigenvalue weighted by molar-refractivity contribution is 0.0962. The van der Waals surface area contributed by atoms with Crippen LogP contribution in [0.3, 0.4) is 0 Å². The molecule has 0 aliphatic carbocycles. The van der Waals surface area contributed by atoms with Gasteiger partial charge in [0.05, 0.1) is 11.1 Å². The van der Waals surface area contributed by atoms with E-state index in [1.165, 1.54) is 25.5 Å². The summed E-state index contributed by atoms with van der Waals surface area (Å²) in [5, 5.41) is 10.9. The third-order valence-electron chi connectivity index (χ3n) is 1.36. The predicted octanol–water partition coefficient (Wildman–Crippen LogP) is 0.313. The molecule has 1 N–H and O–H groups in total. The SMILES string of the molecule is CNC(=O)c1cncc(C#N)c1. The second-order valence-electron chi connectivity index (χ2n) is 2.15. The van der Waals surface area contributed by atoms with Gasteiger partial charge >= 0.3 is 0 Å². The smallest absolute Gasteiger partial charge is 0.252 e. The highest BCUT2D eigenvalue weighted by molar-refractivity contribution is 5.93. The quantitative estimate of drug-likeness (QED) is 0.644. The van der Waals surface area contributed by atoms with Crippen molar-refractivity contribution < 1.29 is 4.79 Å². The van der Waals surface area contributed by atoms with Crippen molar-refractivity contribution in [2.24, 2.45) is 0 Å². The summed E-state index contributed by atoms with van der Waals surface area (Å²) < 4.78 is 0. The lowest BCUT2D eigenvalue weighted by Crippen LogP contribution is -2.17. The molecule has 1 aromatic heterocycles. The van der Waals surface area contributed by atoms with Gasteiger partial charge in [0.2, 0.25) is 0 Å². The number of hydrogen-bond acceptors (Lipinski definition) is 3. The van der Waals surface area contributed by atoms with Crippen molar-refractivity contribution in [1.29, 1.82) is 5.26 Å². The van der Waals surface area contributed by atoms with E-state index in [0.29, 0.717) is 11.1 Å². The Morgan fingerprint density at radius 3 is 3.00 bits per heavy atom. The topological polar surface area (TPSA) is 65.8 Å². The van der Waals surface area contributed by atoms with Crippen LogP contribution < -0.4 is 5.32 Å². The van der Waals surface area contributed by atoms with Crippen LogP contribution in [0.4, 0.5) is 0 Å². The second kappa shape index (κ2) is 3.49. The minimum absolute atomic E-state index is 0.236. The Hall–Kier alpha value is -1.89. The summed E-state index contributed by atoms with van der Waals surface area (Å²) >= 11 is 0. The first-order chi connectivity index (χ1) is 5.77. The fraction of sp³-hybridized carbons (Fsp3) is 0.125. The minimum atomic E-state index is -0.236. The predicted molar refractivity (Wildman–Crippen MR) is 42.3 cm³/mol. The Bertz CT molecular complexity index is 340.